The second kappa shape index (κ2) is 6.38. The van der Waals surface area contributed by atoms with E-state index in [1.807, 2.05) is 25.1 Å². The molecule has 0 spiro atoms. The predicted molar refractivity (Wildman–Crippen MR) is 66.2 cm³/mol. The minimum Gasteiger partial charge on any atom is -0.481 e. The molecule has 1 aromatic rings. The molecule has 0 bridgehead atoms. The Bertz CT molecular complexity index is 366. The van der Waals surface area contributed by atoms with E-state index in [0.29, 0.717) is 11.4 Å². The van der Waals surface area contributed by atoms with E-state index in [1.54, 1.807) is 0 Å². The monoisotopic (exact) mass is 241 g/mol. The van der Waals surface area contributed by atoms with Gasteiger partial charge in [-0.2, -0.15) is 0 Å². The average molecular weight is 242 g/mol. The summed E-state index contributed by atoms with van der Waals surface area (Å²) in [5.41, 5.74) is 2.03. The van der Waals surface area contributed by atoms with Gasteiger partial charge < -0.3 is 10.4 Å². The molecule has 0 amide bonds. The maximum absolute atomic E-state index is 10.3. The number of unbranched alkanes of at least 4 members (excludes halogenated alkanes) is 1. The number of anilines is 1. The van der Waals surface area contributed by atoms with Gasteiger partial charge in [-0.25, -0.2) is 0 Å². The number of rotatable bonds is 6. The molecular weight excluding hydrogens is 226 g/mol. The largest absolute Gasteiger partial charge is 0.481 e. The minimum absolute atomic E-state index is 0.226. The molecule has 2 N–H and O–H groups in total. The molecule has 0 aromatic heterocycles. The van der Waals surface area contributed by atoms with Gasteiger partial charge in [-0.3, -0.25) is 4.79 Å². The Labute approximate surface area is 100 Å². The molecule has 16 heavy (non-hydrogen) atoms. The summed E-state index contributed by atoms with van der Waals surface area (Å²) in [6, 6.07) is 5.83. The molecule has 4 heteroatoms. The van der Waals surface area contributed by atoms with E-state index in [1.165, 1.54) is 0 Å². The van der Waals surface area contributed by atoms with Crippen LogP contribution in [0.1, 0.15) is 24.8 Å². The van der Waals surface area contributed by atoms with E-state index >= 15 is 0 Å². The lowest BCUT2D eigenvalue weighted by molar-refractivity contribution is -0.137. The van der Waals surface area contributed by atoms with Crippen molar-refractivity contribution in [3.8, 4) is 0 Å². The van der Waals surface area contributed by atoms with Crippen molar-refractivity contribution in [2.45, 2.75) is 26.2 Å². The van der Waals surface area contributed by atoms with Crippen LogP contribution in [0.25, 0.3) is 0 Å². The Morgan fingerprint density at radius 3 is 2.81 bits per heavy atom. The van der Waals surface area contributed by atoms with Crippen LogP contribution >= 0.6 is 11.6 Å². The number of halogens is 1. The van der Waals surface area contributed by atoms with Gasteiger partial charge in [0.15, 0.2) is 0 Å². The summed E-state index contributed by atoms with van der Waals surface area (Å²) in [6.45, 7) is 2.73. The molecule has 0 atom stereocenters. The van der Waals surface area contributed by atoms with Crippen molar-refractivity contribution in [3.63, 3.8) is 0 Å². The van der Waals surface area contributed by atoms with Crippen molar-refractivity contribution in [2.75, 3.05) is 11.9 Å². The number of benzene rings is 1. The van der Waals surface area contributed by atoms with Crippen LogP contribution in [0.4, 0.5) is 5.69 Å². The Morgan fingerprint density at radius 2 is 2.19 bits per heavy atom. The Kier molecular flexibility index (Phi) is 5.12. The highest BCUT2D eigenvalue weighted by atomic mass is 35.5. The zero-order valence-corrected chi connectivity index (χ0v) is 10.0. The van der Waals surface area contributed by atoms with Crippen LogP contribution in [-0.2, 0) is 4.79 Å². The van der Waals surface area contributed by atoms with Crippen LogP contribution in [0.3, 0.4) is 0 Å². The maximum atomic E-state index is 10.3. The van der Waals surface area contributed by atoms with Crippen LogP contribution in [0.5, 0.6) is 0 Å². The van der Waals surface area contributed by atoms with Crippen molar-refractivity contribution in [1.29, 1.82) is 0 Å². The highest BCUT2D eigenvalue weighted by Gasteiger charge is 2.00. The number of aliphatic carboxylic acids is 1. The molecule has 0 fully saturated rings. The molecule has 0 saturated carbocycles. The summed E-state index contributed by atoms with van der Waals surface area (Å²) in [7, 11) is 0. The molecule has 0 aliphatic heterocycles. The van der Waals surface area contributed by atoms with Gasteiger partial charge in [0.05, 0.1) is 10.7 Å². The maximum Gasteiger partial charge on any atom is 0.303 e. The number of carboxylic acids is 1. The van der Waals surface area contributed by atoms with Gasteiger partial charge in [-0.15, -0.1) is 0 Å². The SMILES string of the molecule is Cc1ccc(NCCCCC(=O)O)c(Cl)c1. The average Bonchev–Trinajstić information content (AvgIpc) is 2.20. The molecule has 0 radical (unpaired) electrons. The number of aryl methyl sites for hydroxylation is 1. The normalized spacial score (nSPS) is 10.1. The van der Waals surface area contributed by atoms with E-state index in [9.17, 15) is 4.79 Å². The molecule has 0 heterocycles. The molecular formula is C12H16ClNO2. The molecule has 0 saturated heterocycles. The first-order valence-corrected chi connectivity index (χ1v) is 5.69. The third kappa shape index (κ3) is 4.53. The predicted octanol–water partition coefficient (Wildman–Crippen LogP) is 3.32. The second-order valence-corrected chi connectivity index (χ2v) is 4.17. The van der Waals surface area contributed by atoms with Crippen molar-refractivity contribution >= 4 is 23.3 Å². The van der Waals surface area contributed by atoms with E-state index in [-0.39, 0.29) is 6.42 Å². The van der Waals surface area contributed by atoms with E-state index in [4.69, 9.17) is 16.7 Å². The highest BCUT2D eigenvalue weighted by molar-refractivity contribution is 6.33. The Hall–Kier alpha value is -1.22. The Morgan fingerprint density at radius 1 is 1.44 bits per heavy atom. The third-order valence-corrected chi connectivity index (χ3v) is 2.57. The summed E-state index contributed by atoms with van der Waals surface area (Å²) >= 11 is 6.04. The lowest BCUT2D eigenvalue weighted by Crippen LogP contribution is -2.03. The van der Waals surface area contributed by atoms with Crippen LogP contribution < -0.4 is 5.32 Å². The number of carboxylic acid groups (broad SMARTS) is 1. The molecule has 0 unspecified atom stereocenters. The molecule has 0 aliphatic carbocycles. The summed E-state index contributed by atoms with van der Waals surface area (Å²) < 4.78 is 0. The quantitative estimate of drug-likeness (QED) is 0.752. The van der Waals surface area contributed by atoms with Gasteiger partial charge in [-0.05, 0) is 37.5 Å². The Balaban J connectivity index is 2.29. The van der Waals surface area contributed by atoms with Gasteiger partial charge in [0.1, 0.15) is 0 Å². The molecule has 3 nitrogen and oxygen atoms in total. The van der Waals surface area contributed by atoms with Crippen LogP contribution in [-0.4, -0.2) is 17.6 Å². The summed E-state index contributed by atoms with van der Waals surface area (Å²) in [6.07, 6.45) is 1.74. The van der Waals surface area contributed by atoms with Gasteiger partial charge in [0, 0.05) is 13.0 Å². The highest BCUT2D eigenvalue weighted by Crippen LogP contribution is 2.22. The molecule has 0 aliphatic rings. The number of carbonyl (C=O) groups is 1. The summed E-state index contributed by atoms with van der Waals surface area (Å²) in [5.74, 6) is -0.742. The number of hydrogen-bond donors (Lipinski definition) is 2. The molecule has 1 aromatic carbocycles. The van der Waals surface area contributed by atoms with E-state index in [2.05, 4.69) is 5.32 Å². The van der Waals surface area contributed by atoms with Crippen molar-refractivity contribution in [1.82, 2.24) is 0 Å². The van der Waals surface area contributed by atoms with Gasteiger partial charge >= 0.3 is 5.97 Å². The first-order valence-electron chi connectivity index (χ1n) is 5.31. The smallest absolute Gasteiger partial charge is 0.303 e. The molecule has 1 rings (SSSR count). The number of hydrogen-bond acceptors (Lipinski definition) is 2. The van der Waals surface area contributed by atoms with Crippen molar-refractivity contribution in [3.05, 3.63) is 28.8 Å². The van der Waals surface area contributed by atoms with Crippen molar-refractivity contribution in [2.24, 2.45) is 0 Å². The zero-order chi connectivity index (χ0) is 12.0. The topological polar surface area (TPSA) is 49.3 Å². The first-order chi connectivity index (χ1) is 7.59. The van der Waals surface area contributed by atoms with E-state index in [0.717, 1.165) is 24.2 Å². The fraction of sp³-hybridized carbons (Fsp3) is 0.417. The van der Waals surface area contributed by atoms with Gasteiger partial charge in [0.25, 0.3) is 0 Å². The fourth-order valence-electron chi connectivity index (χ4n) is 1.39. The lowest BCUT2D eigenvalue weighted by atomic mass is 10.2. The summed E-state index contributed by atoms with van der Waals surface area (Å²) in [5, 5.41) is 12.4. The standard InChI is InChI=1S/C12H16ClNO2/c1-9-5-6-11(10(13)8-9)14-7-3-2-4-12(15)16/h5-6,8,14H,2-4,7H2,1H3,(H,15,16). The summed E-state index contributed by atoms with van der Waals surface area (Å²) in [4.78, 5) is 10.3. The van der Waals surface area contributed by atoms with Gasteiger partial charge in [0.2, 0.25) is 0 Å². The number of nitrogens with one attached hydrogen (secondary N) is 1. The third-order valence-electron chi connectivity index (χ3n) is 2.26. The van der Waals surface area contributed by atoms with Crippen LogP contribution in [0.15, 0.2) is 18.2 Å². The molecule has 88 valence electrons. The van der Waals surface area contributed by atoms with Crippen LogP contribution in [0, 0.1) is 6.92 Å². The van der Waals surface area contributed by atoms with E-state index < -0.39 is 5.97 Å². The first kappa shape index (κ1) is 12.8. The van der Waals surface area contributed by atoms with Crippen LogP contribution in [0.2, 0.25) is 5.02 Å². The lowest BCUT2D eigenvalue weighted by Gasteiger charge is -2.08. The minimum atomic E-state index is -0.742. The fourth-order valence-corrected chi connectivity index (χ4v) is 1.69. The van der Waals surface area contributed by atoms with Crippen molar-refractivity contribution < 1.29 is 9.90 Å². The zero-order valence-electron chi connectivity index (χ0n) is 9.29. The second-order valence-electron chi connectivity index (χ2n) is 3.76. The van der Waals surface area contributed by atoms with Gasteiger partial charge in [-0.1, -0.05) is 17.7 Å².